The zero-order valence-electron chi connectivity index (χ0n) is 19.1. The van der Waals surface area contributed by atoms with Crippen molar-refractivity contribution in [2.24, 2.45) is 7.05 Å². The van der Waals surface area contributed by atoms with Gasteiger partial charge in [0.25, 0.3) is 0 Å². The summed E-state index contributed by atoms with van der Waals surface area (Å²) in [7, 11) is 1.65. The molecule has 0 saturated heterocycles. The van der Waals surface area contributed by atoms with Gasteiger partial charge in [0.05, 0.1) is 12.8 Å². The van der Waals surface area contributed by atoms with Crippen LogP contribution in [-0.4, -0.2) is 59.2 Å². The summed E-state index contributed by atoms with van der Waals surface area (Å²) in [6, 6.07) is 14.9. The van der Waals surface area contributed by atoms with E-state index in [4.69, 9.17) is 9.47 Å². The fourth-order valence-corrected chi connectivity index (χ4v) is 4.12. The number of nitrogens with zero attached hydrogens (tertiary/aromatic N) is 2. The lowest BCUT2D eigenvalue weighted by Gasteiger charge is -2.15. The van der Waals surface area contributed by atoms with Crippen molar-refractivity contribution >= 4 is 18.0 Å². The summed E-state index contributed by atoms with van der Waals surface area (Å²) in [6.07, 6.45) is 2.30. The van der Waals surface area contributed by atoms with Gasteiger partial charge in [-0.25, -0.2) is 9.59 Å². The molecule has 1 heterocycles. The first-order chi connectivity index (χ1) is 16.9. The van der Waals surface area contributed by atoms with Crippen LogP contribution in [0.1, 0.15) is 28.7 Å². The maximum atomic E-state index is 12.2. The number of carbonyl (C=O) groups excluding carboxylic acids is 2. The van der Waals surface area contributed by atoms with Crippen LogP contribution in [0.4, 0.5) is 4.79 Å². The molecule has 1 atom stereocenters. The Kier molecular flexibility index (Phi) is 7.41. The molecule has 3 N–H and O–H groups in total. The van der Waals surface area contributed by atoms with Gasteiger partial charge in [-0.2, -0.15) is 5.10 Å². The smallest absolute Gasteiger partial charge is 0.407 e. The number of hydrogen-bond acceptors (Lipinski definition) is 6. The molecule has 1 aromatic heterocycles. The molecule has 2 aromatic carbocycles. The second-order valence-electron chi connectivity index (χ2n) is 8.09. The van der Waals surface area contributed by atoms with Crippen molar-refractivity contribution < 1.29 is 29.0 Å². The van der Waals surface area contributed by atoms with Crippen molar-refractivity contribution in [1.82, 2.24) is 20.4 Å². The van der Waals surface area contributed by atoms with Crippen LogP contribution < -0.4 is 10.6 Å². The highest BCUT2D eigenvalue weighted by atomic mass is 16.5. The van der Waals surface area contributed by atoms with E-state index in [1.165, 1.54) is 17.1 Å². The number of nitrogens with one attached hydrogen (secondary N) is 2. The molecule has 0 fully saturated rings. The first-order valence-electron chi connectivity index (χ1n) is 11.1. The van der Waals surface area contributed by atoms with Crippen molar-refractivity contribution in [3.63, 3.8) is 0 Å². The molecule has 182 valence electrons. The molecule has 10 nitrogen and oxygen atoms in total. The van der Waals surface area contributed by atoms with Crippen LogP contribution in [0.15, 0.2) is 60.9 Å². The van der Waals surface area contributed by atoms with Crippen molar-refractivity contribution in [1.29, 1.82) is 0 Å². The normalized spacial score (nSPS) is 12.9. The predicted molar refractivity (Wildman–Crippen MR) is 126 cm³/mol. The maximum Gasteiger partial charge on any atom is 0.407 e. The molecule has 10 heteroatoms. The minimum absolute atomic E-state index is 0.0323. The summed E-state index contributed by atoms with van der Waals surface area (Å²) in [5.41, 5.74) is 4.91. The third-order valence-corrected chi connectivity index (χ3v) is 5.70. The molecule has 1 unspecified atom stereocenters. The molecule has 2 amide bonds. The molecular formula is C25H26N4O6. The van der Waals surface area contributed by atoms with E-state index in [1.807, 2.05) is 36.4 Å². The maximum absolute atomic E-state index is 12.2. The predicted octanol–water partition coefficient (Wildman–Crippen LogP) is 2.22. The summed E-state index contributed by atoms with van der Waals surface area (Å²) in [4.78, 5) is 35.6. The van der Waals surface area contributed by atoms with Gasteiger partial charge in [-0.05, 0) is 22.3 Å². The van der Waals surface area contributed by atoms with E-state index in [0.717, 1.165) is 22.3 Å². The monoisotopic (exact) mass is 478 g/mol. The number of rotatable bonds is 10. The van der Waals surface area contributed by atoms with Crippen molar-refractivity contribution in [2.75, 3.05) is 26.4 Å². The van der Waals surface area contributed by atoms with Crippen molar-refractivity contribution in [2.45, 2.75) is 12.0 Å². The molecule has 1 aliphatic carbocycles. The summed E-state index contributed by atoms with van der Waals surface area (Å²) in [5.74, 6) is -1.83. The highest BCUT2D eigenvalue weighted by Crippen LogP contribution is 2.44. The average molecular weight is 479 g/mol. The van der Waals surface area contributed by atoms with Gasteiger partial charge >= 0.3 is 12.1 Å². The zero-order valence-corrected chi connectivity index (χ0v) is 19.1. The summed E-state index contributed by atoms with van der Waals surface area (Å²) in [5, 5.41) is 18.2. The Morgan fingerprint density at radius 1 is 1.09 bits per heavy atom. The van der Waals surface area contributed by atoms with Crippen molar-refractivity contribution in [3.05, 3.63) is 77.6 Å². The number of carboxylic acid groups (broad SMARTS) is 1. The average Bonchev–Trinajstić information content (AvgIpc) is 3.42. The number of alkyl carbamates (subject to hydrolysis) is 1. The van der Waals surface area contributed by atoms with E-state index < -0.39 is 24.0 Å². The Morgan fingerprint density at radius 2 is 1.74 bits per heavy atom. The SMILES string of the molecule is Cn1cc(C(NC(=O)COCCNC(=O)OCC2c3ccccc3-c3ccccc32)C(=O)O)cn1. The largest absolute Gasteiger partial charge is 0.479 e. The lowest BCUT2D eigenvalue weighted by atomic mass is 9.98. The highest BCUT2D eigenvalue weighted by molar-refractivity contribution is 5.85. The summed E-state index contributed by atoms with van der Waals surface area (Å²) in [6.45, 7) is 0.0433. The Bertz CT molecular complexity index is 1180. The number of aliphatic carboxylic acids is 1. The van der Waals surface area contributed by atoms with Gasteiger partial charge in [0.1, 0.15) is 13.2 Å². The lowest BCUT2D eigenvalue weighted by molar-refractivity contribution is -0.142. The number of hydrogen-bond donors (Lipinski definition) is 3. The van der Waals surface area contributed by atoms with Gasteiger partial charge in [0, 0.05) is 31.3 Å². The zero-order chi connectivity index (χ0) is 24.8. The van der Waals surface area contributed by atoms with Gasteiger partial charge in [0.15, 0.2) is 6.04 Å². The van der Waals surface area contributed by atoms with E-state index in [-0.39, 0.29) is 32.3 Å². The molecule has 35 heavy (non-hydrogen) atoms. The van der Waals surface area contributed by atoms with Crippen LogP contribution in [-0.2, 0) is 26.1 Å². The molecule has 0 aliphatic heterocycles. The van der Waals surface area contributed by atoms with Gasteiger partial charge < -0.3 is 25.2 Å². The molecule has 0 spiro atoms. The van der Waals surface area contributed by atoms with Crippen LogP contribution in [0.5, 0.6) is 0 Å². The number of aryl methyl sites for hydroxylation is 1. The first-order valence-corrected chi connectivity index (χ1v) is 11.1. The lowest BCUT2D eigenvalue weighted by Crippen LogP contribution is -2.36. The number of carbonyl (C=O) groups is 3. The molecule has 1 aliphatic rings. The molecule has 0 saturated carbocycles. The Labute approximate surface area is 201 Å². The number of fused-ring (bicyclic) bond motifs is 3. The number of carboxylic acids is 1. The van der Waals surface area contributed by atoms with E-state index in [2.05, 4.69) is 27.9 Å². The third kappa shape index (κ3) is 5.67. The standard InChI is InChI=1S/C25H26N4O6/c1-29-13-16(12-27-29)23(24(31)32)28-22(30)15-34-11-10-26-25(33)35-14-21-19-8-4-2-6-17(19)18-7-3-5-9-20(18)21/h2-9,12-13,21,23H,10-11,14-15H2,1H3,(H,26,33)(H,28,30)(H,31,32). The molecule has 4 rings (SSSR count). The topological polar surface area (TPSA) is 132 Å². The quantitative estimate of drug-likeness (QED) is 0.381. The Hall–Kier alpha value is -4.18. The second kappa shape index (κ2) is 10.8. The van der Waals surface area contributed by atoms with Crippen LogP contribution >= 0.6 is 0 Å². The van der Waals surface area contributed by atoms with E-state index in [1.54, 1.807) is 7.05 Å². The third-order valence-electron chi connectivity index (χ3n) is 5.70. The molecule has 0 bridgehead atoms. The van der Waals surface area contributed by atoms with Gasteiger partial charge in [-0.3, -0.25) is 9.48 Å². The first kappa shape index (κ1) is 24.0. The van der Waals surface area contributed by atoms with Gasteiger partial charge in [-0.1, -0.05) is 48.5 Å². The number of aromatic nitrogens is 2. The highest BCUT2D eigenvalue weighted by Gasteiger charge is 2.29. The Balaban J connectivity index is 1.17. The van der Waals surface area contributed by atoms with Crippen LogP contribution in [0.3, 0.4) is 0 Å². The number of amides is 2. The molecule has 0 radical (unpaired) electrons. The fraction of sp³-hybridized carbons (Fsp3) is 0.280. The second-order valence-corrected chi connectivity index (χ2v) is 8.09. The van der Waals surface area contributed by atoms with Crippen LogP contribution in [0.2, 0.25) is 0 Å². The van der Waals surface area contributed by atoms with Crippen molar-refractivity contribution in [3.8, 4) is 11.1 Å². The molecule has 3 aromatic rings. The van der Waals surface area contributed by atoms with E-state index >= 15 is 0 Å². The van der Waals surface area contributed by atoms with Crippen LogP contribution in [0.25, 0.3) is 11.1 Å². The minimum Gasteiger partial charge on any atom is -0.479 e. The number of ether oxygens (including phenoxy) is 2. The number of benzene rings is 2. The van der Waals surface area contributed by atoms with Gasteiger partial charge in [-0.15, -0.1) is 0 Å². The van der Waals surface area contributed by atoms with E-state index in [0.29, 0.717) is 5.56 Å². The molecular weight excluding hydrogens is 452 g/mol. The minimum atomic E-state index is -1.22. The van der Waals surface area contributed by atoms with E-state index in [9.17, 15) is 19.5 Å². The Morgan fingerprint density at radius 3 is 2.34 bits per heavy atom. The summed E-state index contributed by atoms with van der Waals surface area (Å²) < 4.78 is 12.1. The van der Waals surface area contributed by atoms with Gasteiger partial charge in [0.2, 0.25) is 5.91 Å². The fourth-order valence-electron chi connectivity index (χ4n) is 4.12. The summed E-state index contributed by atoms with van der Waals surface area (Å²) >= 11 is 0. The van der Waals surface area contributed by atoms with Crippen LogP contribution in [0, 0.1) is 0 Å².